The molecule has 0 fully saturated rings. The first-order valence-corrected chi connectivity index (χ1v) is 7.45. The molecule has 0 bridgehead atoms. The highest BCUT2D eigenvalue weighted by molar-refractivity contribution is 7.20. The largest absolute Gasteiger partial charge is 0.319 e. The number of pyridine rings is 2. The minimum Gasteiger partial charge on any atom is -0.319 e. The molecule has 0 aliphatic carbocycles. The second kappa shape index (κ2) is 5.54. The first kappa shape index (κ1) is 13.5. The molecule has 0 aliphatic heterocycles. The molecule has 23 heavy (non-hydrogen) atoms. The van der Waals surface area contributed by atoms with Gasteiger partial charge in [0.25, 0.3) is 5.91 Å². The molecule has 0 radical (unpaired) electrons. The van der Waals surface area contributed by atoms with Crippen molar-refractivity contribution in [1.29, 1.82) is 0 Å². The number of aromatic nitrogens is 6. The van der Waals surface area contributed by atoms with E-state index in [4.69, 9.17) is 0 Å². The fourth-order valence-electron chi connectivity index (χ4n) is 1.97. The molecule has 1 amide bonds. The lowest BCUT2D eigenvalue weighted by molar-refractivity contribution is 0.102. The number of nitrogens with one attached hydrogen (secondary N) is 1. The molecular weight excluding hydrogens is 314 g/mol. The Balaban J connectivity index is 1.54. The van der Waals surface area contributed by atoms with Crippen LogP contribution in [0.5, 0.6) is 0 Å². The molecule has 112 valence electrons. The highest BCUT2D eigenvalue weighted by Gasteiger charge is 2.13. The van der Waals surface area contributed by atoms with E-state index in [1.165, 1.54) is 22.3 Å². The Hall–Kier alpha value is -3.20. The molecular formula is C14H9N7OS. The van der Waals surface area contributed by atoms with Crippen LogP contribution in [-0.2, 0) is 0 Å². The summed E-state index contributed by atoms with van der Waals surface area (Å²) in [6, 6.07) is 7.10. The van der Waals surface area contributed by atoms with E-state index in [-0.39, 0.29) is 5.91 Å². The minimum atomic E-state index is -0.289. The van der Waals surface area contributed by atoms with Crippen LogP contribution in [0, 0.1) is 0 Å². The summed E-state index contributed by atoms with van der Waals surface area (Å²) >= 11 is 1.25. The van der Waals surface area contributed by atoms with Crippen molar-refractivity contribution in [3.05, 3.63) is 54.3 Å². The Morgan fingerprint density at radius 1 is 1.22 bits per heavy atom. The fourth-order valence-corrected chi connectivity index (χ4v) is 2.78. The van der Waals surface area contributed by atoms with Crippen LogP contribution in [0.15, 0.2) is 49.3 Å². The summed E-state index contributed by atoms with van der Waals surface area (Å²) < 4.78 is 1.53. The van der Waals surface area contributed by atoms with Gasteiger partial charge in [-0.3, -0.25) is 4.79 Å². The highest BCUT2D eigenvalue weighted by atomic mass is 32.1. The van der Waals surface area contributed by atoms with E-state index < -0.39 is 0 Å². The van der Waals surface area contributed by atoms with Gasteiger partial charge in [-0.2, -0.15) is 5.10 Å². The van der Waals surface area contributed by atoms with Crippen molar-refractivity contribution >= 4 is 33.3 Å². The van der Waals surface area contributed by atoms with Gasteiger partial charge in [-0.15, -0.1) is 0 Å². The number of anilines is 1. The first-order chi connectivity index (χ1) is 11.3. The molecule has 4 heterocycles. The maximum atomic E-state index is 12.3. The third-order valence-electron chi connectivity index (χ3n) is 3.02. The van der Waals surface area contributed by atoms with E-state index in [0.717, 1.165) is 4.83 Å². The molecule has 4 aromatic rings. The third kappa shape index (κ3) is 2.64. The van der Waals surface area contributed by atoms with Crippen molar-refractivity contribution in [2.45, 2.75) is 0 Å². The Labute approximate surface area is 133 Å². The van der Waals surface area contributed by atoms with Gasteiger partial charge in [-0.25, -0.2) is 24.6 Å². The maximum Gasteiger partial charge on any atom is 0.284 e. The molecule has 0 spiro atoms. The minimum absolute atomic E-state index is 0.289. The third-order valence-corrected chi connectivity index (χ3v) is 4.00. The number of fused-ring (bicyclic) bond motifs is 1. The number of hydrogen-bond acceptors (Lipinski definition) is 7. The summed E-state index contributed by atoms with van der Waals surface area (Å²) in [5, 5.41) is 7.11. The van der Waals surface area contributed by atoms with Crippen molar-refractivity contribution in [2.75, 3.05) is 5.32 Å². The van der Waals surface area contributed by atoms with Crippen LogP contribution in [0.2, 0.25) is 0 Å². The van der Waals surface area contributed by atoms with Crippen LogP contribution in [0.1, 0.15) is 9.80 Å². The van der Waals surface area contributed by atoms with Crippen LogP contribution >= 0.6 is 11.3 Å². The molecule has 0 saturated carbocycles. The van der Waals surface area contributed by atoms with E-state index in [1.807, 2.05) is 6.07 Å². The van der Waals surface area contributed by atoms with Gasteiger partial charge in [0.1, 0.15) is 23.0 Å². The molecule has 1 N–H and O–H groups in total. The van der Waals surface area contributed by atoms with E-state index in [9.17, 15) is 4.79 Å². The zero-order valence-corrected chi connectivity index (χ0v) is 12.4. The quantitative estimate of drug-likeness (QED) is 0.618. The number of nitrogens with zero attached hydrogens (tertiary/aromatic N) is 6. The maximum absolute atomic E-state index is 12.3. The van der Waals surface area contributed by atoms with Crippen LogP contribution in [0.3, 0.4) is 0 Å². The normalized spacial score (nSPS) is 10.8. The fraction of sp³-hybridized carbons (Fsp3) is 0. The smallest absolute Gasteiger partial charge is 0.284 e. The summed E-state index contributed by atoms with van der Waals surface area (Å²) in [6.45, 7) is 0. The standard InChI is InChI=1S/C14H9N7OS/c22-12(14-20-10-2-1-5-16-13(10)23-14)19-9-3-4-11(17-6-9)21-8-15-7-18-21/h1-8H,(H,19,22). The van der Waals surface area contributed by atoms with Gasteiger partial charge in [-0.05, 0) is 24.3 Å². The van der Waals surface area contributed by atoms with Gasteiger partial charge in [0.2, 0.25) is 0 Å². The number of carbonyl (C=O) groups excluding carboxylic acids is 1. The van der Waals surface area contributed by atoms with Gasteiger partial charge in [0.05, 0.1) is 11.9 Å². The Morgan fingerprint density at radius 2 is 2.17 bits per heavy atom. The molecule has 4 rings (SSSR count). The van der Waals surface area contributed by atoms with Crippen LogP contribution < -0.4 is 5.32 Å². The van der Waals surface area contributed by atoms with Crippen molar-refractivity contribution in [3.63, 3.8) is 0 Å². The zero-order chi connectivity index (χ0) is 15.6. The molecule has 0 saturated heterocycles. The predicted octanol–water partition coefficient (Wildman–Crippen LogP) is 1.92. The molecule has 0 aromatic carbocycles. The van der Waals surface area contributed by atoms with Crippen LogP contribution in [0.4, 0.5) is 5.69 Å². The Bertz CT molecular complexity index is 929. The number of thiazole rings is 1. The predicted molar refractivity (Wildman–Crippen MR) is 84.5 cm³/mol. The molecule has 8 nitrogen and oxygen atoms in total. The lowest BCUT2D eigenvalue weighted by atomic mass is 10.4. The van der Waals surface area contributed by atoms with E-state index in [1.54, 1.807) is 36.9 Å². The second-order valence-electron chi connectivity index (χ2n) is 4.55. The summed E-state index contributed by atoms with van der Waals surface area (Å²) in [7, 11) is 0. The highest BCUT2D eigenvalue weighted by Crippen LogP contribution is 2.20. The number of rotatable bonds is 3. The number of amides is 1. The van der Waals surface area contributed by atoms with Crippen molar-refractivity contribution in [3.8, 4) is 5.82 Å². The zero-order valence-electron chi connectivity index (χ0n) is 11.6. The van der Waals surface area contributed by atoms with E-state index in [0.29, 0.717) is 22.0 Å². The Kier molecular flexibility index (Phi) is 3.24. The van der Waals surface area contributed by atoms with E-state index >= 15 is 0 Å². The lowest BCUT2D eigenvalue weighted by Gasteiger charge is -2.03. The number of carbonyl (C=O) groups is 1. The monoisotopic (exact) mass is 323 g/mol. The van der Waals surface area contributed by atoms with Crippen LogP contribution in [0.25, 0.3) is 16.2 Å². The number of hydrogen-bond donors (Lipinski definition) is 1. The van der Waals surface area contributed by atoms with E-state index in [2.05, 4.69) is 30.4 Å². The molecule has 0 unspecified atom stereocenters. The average Bonchev–Trinajstić information content (AvgIpc) is 3.25. The van der Waals surface area contributed by atoms with Crippen molar-refractivity contribution in [1.82, 2.24) is 29.7 Å². The summed E-state index contributed by atoms with van der Waals surface area (Å²) in [5.41, 5.74) is 1.29. The summed E-state index contributed by atoms with van der Waals surface area (Å²) in [5.74, 6) is 0.327. The van der Waals surface area contributed by atoms with Gasteiger partial charge in [0, 0.05) is 6.20 Å². The SMILES string of the molecule is O=C(Nc1ccc(-n2cncn2)nc1)c1nc2cccnc2s1. The van der Waals surface area contributed by atoms with Gasteiger partial charge >= 0.3 is 0 Å². The Morgan fingerprint density at radius 3 is 2.91 bits per heavy atom. The molecule has 0 atom stereocenters. The average molecular weight is 323 g/mol. The lowest BCUT2D eigenvalue weighted by Crippen LogP contribution is -2.11. The molecule has 9 heteroatoms. The molecule has 0 aliphatic rings. The van der Waals surface area contributed by atoms with Crippen molar-refractivity contribution in [2.24, 2.45) is 0 Å². The van der Waals surface area contributed by atoms with Crippen molar-refractivity contribution < 1.29 is 4.79 Å². The van der Waals surface area contributed by atoms with Gasteiger partial charge in [0.15, 0.2) is 10.8 Å². The van der Waals surface area contributed by atoms with Gasteiger partial charge in [-0.1, -0.05) is 11.3 Å². The van der Waals surface area contributed by atoms with Gasteiger partial charge < -0.3 is 5.32 Å². The second-order valence-corrected chi connectivity index (χ2v) is 5.52. The summed E-state index contributed by atoms with van der Waals surface area (Å²) in [4.78, 5) is 29.5. The van der Waals surface area contributed by atoms with Crippen LogP contribution in [-0.4, -0.2) is 35.6 Å². The topological polar surface area (TPSA) is 98.5 Å². The molecule has 4 aromatic heterocycles. The summed E-state index contributed by atoms with van der Waals surface area (Å²) in [6.07, 6.45) is 6.21. The first-order valence-electron chi connectivity index (χ1n) is 6.63.